The molecule has 24 heavy (non-hydrogen) atoms. The number of pyridine rings is 1. The predicted octanol–water partition coefficient (Wildman–Crippen LogP) is 3.49. The van der Waals surface area contributed by atoms with E-state index in [4.69, 9.17) is 9.47 Å². The van der Waals surface area contributed by atoms with Crippen LogP contribution < -0.4 is 9.47 Å². The van der Waals surface area contributed by atoms with Crippen molar-refractivity contribution in [3.63, 3.8) is 0 Å². The van der Waals surface area contributed by atoms with Crippen LogP contribution in [0, 0.1) is 6.92 Å². The molecule has 0 atom stereocenters. The van der Waals surface area contributed by atoms with Crippen molar-refractivity contribution in [1.82, 2.24) is 9.38 Å². The monoisotopic (exact) mass is 324 g/mol. The molecular weight excluding hydrogens is 312 g/mol. The van der Waals surface area contributed by atoms with Crippen LogP contribution in [0.5, 0.6) is 11.5 Å². The smallest absolute Gasteiger partial charge is 0.358 e. The maximum atomic E-state index is 11.5. The lowest BCUT2D eigenvalue weighted by Gasteiger charge is -2.01. The number of aromatic carboxylic acids is 1. The summed E-state index contributed by atoms with van der Waals surface area (Å²) in [5, 5.41) is 17.6. The van der Waals surface area contributed by atoms with Gasteiger partial charge >= 0.3 is 5.97 Å². The van der Waals surface area contributed by atoms with Gasteiger partial charge in [0.2, 0.25) is 6.79 Å². The molecule has 120 valence electrons. The molecule has 0 saturated carbocycles. The molecular formula is C16H12N4O4. The Morgan fingerprint density at radius 2 is 2.04 bits per heavy atom. The highest BCUT2D eigenvalue weighted by molar-refractivity contribution is 5.91. The van der Waals surface area contributed by atoms with Gasteiger partial charge in [0.05, 0.1) is 5.69 Å². The zero-order valence-electron chi connectivity index (χ0n) is 12.6. The second-order valence-electron chi connectivity index (χ2n) is 5.19. The first kappa shape index (κ1) is 14.2. The Morgan fingerprint density at radius 3 is 2.88 bits per heavy atom. The molecule has 1 aliphatic heterocycles. The molecule has 0 spiro atoms. The van der Waals surface area contributed by atoms with Crippen molar-refractivity contribution in [1.29, 1.82) is 0 Å². The van der Waals surface area contributed by atoms with Crippen molar-refractivity contribution in [3.05, 3.63) is 47.8 Å². The first-order chi connectivity index (χ1) is 11.6. The number of aryl methyl sites for hydroxylation is 1. The zero-order valence-corrected chi connectivity index (χ0v) is 12.6. The fourth-order valence-electron chi connectivity index (χ4n) is 2.52. The van der Waals surface area contributed by atoms with E-state index in [0.29, 0.717) is 22.8 Å². The summed E-state index contributed by atoms with van der Waals surface area (Å²) in [5.74, 6) is 0.246. The largest absolute Gasteiger partial charge is 0.476 e. The van der Waals surface area contributed by atoms with Crippen molar-refractivity contribution in [2.24, 2.45) is 10.2 Å². The summed E-state index contributed by atoms with van der Waals surface area (Å²) in [4.78, 5) is 15.6. The van der Waals surface area contributed by atoms with Crippen molar-refractivity contribution >= 4 is 23.1 Å². The summed E-state index contributed by atoms with van der Waals surface area (Å²) in [7, 11) is 0. The molecule has 0 bridgehead atoms. The van der Waals surface area contributed by atoms with Gasteiger partial charge in [0.15, 0.2) is 23.0 Å². The average Bonchev–Trinajstić information content (AvgIpc) is 3.17. The lowest BCUT2D eigenvalue weighted by Crippen LogP contribution is -1.97. The van der Waals surface area contributed by atoms with Crippen LogP contribution in [0.1, 0.15) is 16.2 Å². The molecule has 0 radical (unpaired) electrons. The maximum absolute atomic E-state index is 11.5. The number of fused-ring (bicyclic) bond motifs is 2. The van der Waals surface area contributed by atoms with Crippen molar-refractivity contribution in [3.8, 4) is 11.5 Å². The SMILES string of the molecule is Cc1cccc2nc(C(=O)O)c(N=Nc3ccc4c(c3)OCO4)n12. The highest BCUT2D eigenvalue weighted by atomic mass is 16.7. The lowest BCUT2D eigenvalue weighted by molar-refractivity contribution is 0.0692. The molecule has 3 heterocycles. The van der Waals surface area contributed by atoms with Gasteiger partial charge in [-0.05, 0) is 31.2 Å². The van der Waals surface area contributed by atoms with Crippen molar-refractivity contribution < 1.29 is 19.4 Å². The molecule has 1 N–H and O–H groups in total. The topological polar surface area (TPSA) is 97.8 Å². The Kier molecular flexibility index (Phi) is 3.16. The number of ether oxygens (including phenoxy) is 2. The molecule has 1 aromatic carbocycles. The van der Waals surface area contributed by atoms with E-state index in [0.717, 1.165) is 5.69 Å². The van der Waals surface area contributed by atoms with Gasteiger partial charge in [-0.25, -0.2) is 9.78 Å². The number of carbonyl (C=O) groups is 1. The molecule has 3 aromatic rings. The van der Waals surface area contributed by atoms with Gasteiger partial charge in [-0.3, -0.25) is 4.40 Å². The normalized spacial score (nSPS) is 13.0. The maximum Gasteiger partial charge on any atom is 0.358 e. The molecule has 4 rings (SSSR count). The van der Waals surface area contributed by atoms with E-state index in [1.54, 1.807) is 28.7 Å². The standard InChI is InChI=1S/C16H12N4O4/c1-9-3-2-4-13-17-14(16(21)22)15(20(9)13)19-18-10-5-6-11-12(7-10)24-8-23-11/h2-7H,8H2,1H3,(H,21,22). The van der Waals surface area contributed by atoms with Crippen LogP contribution in [0.2, 0.25) is 0 Å². The number of aromatic nitrogens is 2. The fraction of sp³-hybridized carbons (Fsp3) is 0.125. The average molecular weight is 324 g/mol. The summed E-state index contributed by atoms with van der Waals surface area (Å²) < 4.78 is 12.2. The zero-order chi connectivity index (χ0) is 16.7. The summed E-state index contributed by atoms with van der Waals surface area (Å²) in [6.07, 6.45) is 0. The minimum atomic E-state index is -1.15. The Balaban J connectivity index is 1.81. The number of benzene rings is 1. The molecule has 0 aliphatic carbocycles. The van der Waals surface area contributed by atoms with Crippen LogP contribution in [0.4, 0.5) is 11.5 Å². The third-order valence-corrected chi connectivity index (χ3v) is 3.63. The van der Waals surface area contributed by atoms with E-state index in [-0.39, 0.29) is 18.3 Å². The van der Waals surface area contributed by atoms with Gasteiger partial charge in [-0.15, -0.1) is 10.2 Å². The van der Waals surface area contributed by atoms with Gasteiger partial charge in [0, 0.05) is 11.8 Å². The summed E-state index contributed by atoms with van der Waals surface area (Å²) >= 11 is 0. The number of hydrogen-bond acceptors (Lipinski definition) is 6. The summed E-state index contributed by atoms with van der Waals surface area (Å²) in [6.45, 7) is 2.02. The number of nitrogens with zero attached hydrogens (tertiary/aromatic N) is 4. The highest BCUT2D eigenvalue weighted by Crippen LogP contribution is 2.36. The summed E-state index contributed by atoms with van der Waals surface area (Å²) in [5.41, 5.74) is 1.70. The Morgan fingerprint density at radius 1 is 1.21 bits per heavy atom. The van der Waals surface area contributed by atoms with Crippen LogP contribution >= 0.6 is 0 Å². The van der Waals surface area contributed by atoms with Crippen LogP contribution in [-0.4, -0.2) is 27.3 Å². The second kappa shape index (κ2) is 5.34. The molecule has 8 nitrogen and oxygen atoms in total. The number of imidazole rings is 1. The second-order valence-corrected chi connectivity index (χ2v) is 5.19. The fourth-order valence-corrected chi connectivity index (χ4v) is 2.52. The molecule has 0 fully saturated rings. The first-order valence-corrected chi connectivity index (χ1v) is 7.16. The van der Waals surface area contributed by atoms with Crippen molar-refractivity contribution in [2.75, 3.05) is 6.79 Å². The minimum absolute atomic E-state index is 0.145. The van der Waals surface area contributed by atoms with E-state index < -0.39 is 5.97 Å². The number of hydrogen-bond donors (Lipinski definition) is 1. The van der Waals surface area contributed by atoms with Gasteiger partial charge in [-0.1, -0.05) is 6.07 Å². The lowest BCUT2D eigenvalue weighted by atomic mass is 10.3. The van der Waals surface area contributed by atoms with Crippen LogP contribution in [0.25, 0.3) is 5.65 Å². The number of azo groups is 1. The van der Waals surface area contributed by atoms with Crippen LogP contribution in [0.15, 0.2) is 46.6 Å². The molecule has 2 aromatic heterocycles. The number of carboxylic acid groups (broad SMARTS) is 1. The summed E-state index contributed by atoms with van der Waals surface area (Å²) in [6, 6.07) is 10.5. The van der Waals surface area contributed by atoms with Crippen molar-refractivity contribution in [2.45, 2.75) is 6.92 Å². The molecule has 0 amide bonds. The minimum Gasteiger partial charge on any atom is -0.476 e. The number of carboxylic acids is 1. The third-order valence-electron chi connectivity index (χ3n) is 3.63. The van der Waals surface area contributed by atoms with E-state index in [9.17, 15) is 9.90 Å². The predicted molar refractivity (Wildman–Crippen MR) is 83.6 cm³/mol. The Bertz CT molecular complexity index is 993. The van der Waals surface area contributed by atoms with E-state index >= 15 is 0 Å². The van der Waals surface area contributed by atoms with E-state index in [1.165, 1.54) is 0 Å². The number of rotatable bonds is 3. The quantitative estimate of drug-likeness (QED) is 0.744. The van der Waals surface area contributed by atoms with Gasteiger partial charge in [0.25, 0.3) is 0 Å². The molecule has 0 unspecified atom stereocenters. The van der Waals surface area contributed by atoms with Gasteiger partial charge in [0.1, 0.15) is 5.65 Å². The Labute approximate surface area is 136 Å². The Hall–Kier alpha value is -3.42. The highest BCUT2D eigenvalue weighted by Gasteiger charge is 2.19. The van der Waals surface area contributed by atoms with Crippen LogP contribution in [0.3, 0.4) is 0 Å². The molecule has 1 aliphatic rings. The van der Waals surface area contributed by atoms with E-state index in [2.05, 4.69) is 15.2 Å². The molecule has 0 saturated heterocycles. The third kappa shape index (κ3) is 2.24. The van der Waals surface area contributed by atoms with Gasteiger partial charge in [-0.2, -0.15) is 0 Å². The van der Waals surface area contributed by atoms with Crippen LogP contribution in [-0.2, 0) is 0 Å². The molecule has 8 heteroatoms. The van der Waals surface area contributed by atoms with Gasteiger partial charge < -0.3 is 14.6 Å². The first-order valence-electron chi connectivity index (χ1n) is 7.16. The van der Waals surface area contributed by atoms with E-state index in [1.807, 2.05) is 19.1 Å².